The van der Waals surface area contributed by atoms with Crippen LogP contribution >= 0.6 is 0 Å². The molecular formula is C23H19. The van der Waals surface area contributed by atoms with E-state index in [1.807, 2.05) is 0 Å². The standard InChI is InChI=1S/C23H19/c1-17-15-21-8-2-3-9-22(21)16-20(17)14-13-19-11-6-10-18-7-4-5-12-23(18)19/h2-12,15H,13-14H2,1H3. The van der Waals surface area contributed by atoms with Gasteiger partial charge in [0.25, 0.3) is 0 Å². The molecule has 0 heteroatoms. The van der Waals surface area contributed by atoms with Crippen LogP contribution in [0.25, 0.3) is 21.5 Å². The minimum atomic E-state index is 1.03. The quantitative estimate of drug-likeness (QED) is 0.442. The van der Waals surface area contributed by atoms with Crippen molar-refractivity contribution in [3.63, 3.8) is 0 Å². The molecule has 0 fully saturated rings. The Morgan fingerprint density at radius 2 is 1.48 bits per heavy atom. The van der Waals surface area contributed by atoms with E-state index in [0.717, 1.165) is 12.8 Å². The Morgan fingerprint density at radius 3 is 2.39 bits per heavy atom. The van der Waals surface area contributed by atoms with Crippen LogP contribution in [0.2, 0.25) is 0 Å². The Hall–Kier alpha value is -2.60. The van der Waals surface area contributed by atoms with E-state index < -0.39 is 0 Å². The van der Waals surface area contributed by atoms with E-state index in [4.69, 9.17) is 0 Å². The summed E-state index contributed by atoms with van der Waals surface area (Å²) < 4.78 is 0. The third-order valence-electron chi connectivity index (χ3n) is 4.62. The van der Waals surface area contributed by atoms with Gasteiger partial charge in [-0.2, -0.15) is 0 Å². The maximum atomic E-state index is 3.61. The van der Waals surface area contributed by atoms with Gasteiger partial charge in [-0.05, 0) is 64.1 Å². The van der Waals surface area contributed by atoms with Crippen molar-refractivity contribution >= 4 is 21.5 Å². The van der Waals surface area contributed by atoms with Gasteiger partial charge in [-0.1, -0.05) is 72.8 Å². The van der Waals surface area contributed by atoms with Crippen LogP contribution < -0.4 is 0 Å². The number of hydrogen-bond donors (Lipinski definition) is 0. The number of fused-ring (bicyclic) bond motifs is 2. The molecule has 0 aliphatic carbocycles. The predicted octanol–water partition coefficient (Wildman–Crippen LogP) is 5.89. The molecule has 0 atom stereocenters. The highest BCUT2D eigenvalue weighted by Crippen LogP contribution is 2.23. The second kappa shape index (κ2) is 5.89. The molecule has 4 rings (SSSR count). The third kappa shape index (κ3) is 2.73. The average Bonchev–Trinajstić information content (AvgIpc) is 2.60. The van der Waals surface area contributed by atoms with Crippen molar-refractivity contribution in [3.8, 4) is 0 Å². The second-order valence-corrected chi connectivity index (χ2v) is 6.16. The Morgan fingerprint density at radius 1 is 0.739 bits per heavy atom. The van der Waals surface area contributed by atoms with Gasteiger partial charge < -0.3 is 0 Å². The highest BCUT2D eigenvalue weighted by atomic mass is 14.1. The van der Waals surface area contributed by atoms with Crippen LogP contribution in [0.3, 0.4) is 0 Å². The fourth-order valence-electron chi connectivity index (χ4n) is 3.35. The fraction of sp³-hybridized carbons (Fsp3) is 0.130. The lowest BCUT2D eigenvalue weighted by atomic mass is 9.95. The maximum absolute atomic E-state index is 3.61. The van der Waals surface area contributed by atoms with E-state index in [9.17, 15) is 0 Å². The van der Waals surface area contributed by atoms with E-state index in [-0.39, 0.29) is 0 Å². The molecule has 0 aromatic heterocycles. The van der Waals surface area contributed by atoms with Crippen molar-refractivity contribution in [2.45, 2.75) is 19.8 Å². The highest BCUT2D eigenvalue weighted by molar-refractivity contribution is 5.86. The van der Waals surface area contributed by atoms with Crippen LogP contribution in [-0.2, 0) is 12.8 Å². The lowest BCUT2D eigenvalue weighted by Gasteiger charge is -2.10. The summed E-state index contributed by atoms with van der Waals surface area (Å²) in [6, 6.07) is 29.6. The van der Waals surface area contributed by atoms with Crippen LogP contribution in [0.4, 0.5) is 0 Å². The van der Waals surface area contributed by atoms with Gasteiger partial charge in [-0.15, -0.1) is 0 Å². The molecule has 0 heterocycles. The second-order valence-electron chi connectivity index (χ2n) is 6.16. The average molecular weight is 295 g/mol. The van der Waals surface area contributed by atoms with E-state index in [1.54, 1.807) is 0 Å². The van der Waals surface area contributed by atoms with Crippen LogP contribution in [0.1, 0.15) is 16.7 Å². The summed E-state index contributed by atoms with van der Waals surface area (Å²) in [7, 11) is 0. The summed E-state index contributed by atoms with van der Waals surface area (Å²) in [5.41, 5.74) is 4.09. The number of rotatable bonds is 3. The minimum Gasteiger partial charge on any atom is -0.0616 e. The Labute approximate surface area is 137 Å². The summed E-state index contributed by atoms with van der Waals surface area (Å²) in [5.74, 6) is 0. The lowest BCUT2D eigenvalue weighted by Crippen LogP contribution is -1.96. The first-order chi connectivity index (χ1) is 11.3. The summed E-state index contributed by atoms with van der Waals surface area (Å²) in [6.07, 6.45) is 2.09. The summed E-state index contributed by atoms with van der Waals surface area (Å²) in [5, 5.41) is 5.18. The van der Waals surface area contributed by atoms with Crippen molar-refractivity contribution in [1.82, 2.24) is 0 Å². The van der Waals surface area contributed by atoms with Gasteiger partial charge in [-0.25, -0.2) is 0 Å². The SMILES string of the molecule is Cc1cc2ccccc2[c]c1CCc1cccc2ccccc12. The van der Waals surface area contributed by atoms with Gasteiger partial charge in [0, 0.05) is 0 Å². The molecule has 0 aliphatic heterocycles. The number of benzene rings is 4. The molecule has 4 aromatic carbocycles. The first kappa shape index (κ1) is 14.0. The molecule has 111 valence electrons. The molecule has 0 bridgehead atoms. The van der Waals surface area contributed by atoms with Crippen LogP contribution in [-0.4, -0.2) is 0 Å². The van der Waals surface area contributed by atoms with Crippen LogP contribution in [0.15, 0.2) is 72.8 Å². The first-order valence-corrected chi connectivity index (χ1v) is 8.18. The fourth-order valence-corrected chi connectivity index (χ4v) is 3.35. The van der Waals surface area contributed by atoms with Gasteiger partial charge in [0.15, 0.2) is 0 Å². The predicted molar refractivity (Wildman–Crippen MR) is 98.9 cm³/mol. The lowest BCUT2D eigenvalue weighted by molar-refractivity contribution is 0.958. The number of hydrogen-bond acceptors (Lipinski definition) is 0. The monoisotopic (exact) mass is 295 g/mol. The normalized spacial score (nSPS) is 11.2. The van der Waals surface area contributed by atoms with E-state index >= 15 is 0 Å². The third-order valence-corrected chi connectivity index (χ3v) is 4.62. The first-order valence-electron chi connectivity index (χ1n) is 8.18. The van der Waals surface area contributed by atoms with Crippen molar-refractivity contribution < 1.29 is 0 Å². The zero-order valence-electron chi connectivity index (χ0n) is 13.3. The molecule has 4 aromatic rings. The summed E-state index contributed by atoms with van der Waals surface area (Å²) in [6.45, 7) is 2.20. The molecule has 0 N–H and O–H groups in total. The summed E-state index contributed by atoms with van der Waals surface area (Å²) in [4.78, 5) is 0. The summed E-state index contributed by atoms with van der Waals surface area (Å²) >= 11 is 0. The van der Waals surface area contributed by atoms with E-state index in [2.05, 4.69) is 85.8 Å². The van der Waals surface area contributed by atoms with Crippen molar-refractivity contribution in [2.75, 3.05) is 0 Å². The Kier molecular flexibility index (Phi) is 3.59. The molecule has 23 heavy (non-hydrogen) atoms. The van der Waals surface area contributed by atoms with Crippen LogP contribution in [0.5, 0.6) is 0 Å². The molecule has 0 unspecified atom stereocenters. The van der Waals surface area contributed by atoms with Crippen LogP contribution in [0, 0.1) is 13.0 Å². The van der Waals surface area contributed by atoms with Gasteiger partial charge in [-0.3, -0.25) is 0 Å². The Balaban J connectivity index is 1.67. The van der Waals surface area contributed by atoms with Gasteiger partial charge >= 0.3 is 0 Å². The highest BCUT2D eigenvalue weighted by Gasteiger charge is 2.05. The molecular weight excluding hydrogens is 276 g/mol. The molecule has 0 amide bonds. The van der Waals surface area contributed by atoms with Crippen molar-refractivity contribution in [2.24, 2.45) is 0 Å². The maximum Gasteiger partial charge on any atom is -0.00614 e. The molecule has 0 nitrogen and oxygen atoms in total. The number of aryl methyl sites for hydroxylation is 3. The molecule has 1 radical (unpaired) electrons. The molecule has 0 aliphatic rings. The van der Waals surface area contributed by atoms with Crippen molar-refractivity contribution in [1.29, 1.82) is 0 Å². The smallest absolute Gasteiger partial charge is 0.00614 e. The van der Waals surface area contributed by atoms with Gasteiger partial charge in [0.1, 0.15) is 0 Å². The zero-order valence-corrected chi connectivity index (χ0v) is 13.3. The largest absolute Gasteiger partial charge is 0.0616 e. The zero-order chi connectivity index (χ0) is 15.6. The topological polar surface area (TPSA) is 0 Å². The molecule has 0 saturated heterocycles. The van der Waals surface area contributed by atoms with E-state index in [1.165, 1.54) is 38.2 Å². The molecule has 0 spiro atoms. The van der Waals surface area contributed by atoms with Crippen molar-refractivity contribution in [3.05, 3.63) is 95.6 Å². The van der Waals surface area contributed by atoms with E-state index in [0.29, 0.717) is 0 Å². The Bertz CT molecular complexity index is 974. The van der Waals surface area contributed by atoms with Gasteiger partial charge in [0.05, 0.1) is 0 Å². The minimum absolute atomic E-state index is 1.03. The molecule has 0 saturated carbocycles. The van der Waals surface area contributed by atoms with Gasteiger partial charge in [0.2, 0.25) is 0 Å².